The van der Waals surface area contributed by atoms with Crippen molar-refractivity contribution in [3.63, 3.8) is 0 Å². The lowest BCUT2D eigenvalue weighted by atomic mass is 9.89. The highest BCUT2D eigenvalue weighted by molar-refractivity contribution is 5.81. The fourth-order valence-corrected chi connectivity index (χ4v) is 2.03. The Kier molecular flexibility index (Phi) is 2.28. The van der Waals surface area contributed by atoms with Gasteiger partial charge in [0.05, 0.1) is 6.10 Å². The van der Waals surface area contributed by atoms with Crippen molar-refractivity contribution < 1.29 is 9.90 Å². The molecule has 2 aliphatic rings. The van der Waals surface area contributed by atoms with Crippen LogP contribution in [0.15, 0.2) is 0 Å². The van der Waals surface area contributed by atoms with E-state index in [-0.39, 0.29) is 24.0 Å². The molecule has 0 heterocycles. The first-order valence-corrected chi connectivity index (χ1v) is 5.19. The molecule has 0 saturated heterocycles. The highest BCUT2D eigenvalue weighted by Crippen LogP contribution is 2.41. The van der Waals surface area contributed by atoms with Crippen molar-refractivity contribution in [2.45, 2.75) is 44.8 Å². The number of nitrogens with one attached hydrogen (secondary N) is 1. The summed E-state index contributed by atoms with van der Waals surface area (Å²) in [5.74, 6) is 1.12. The lowest BCUT2D eigenvalue weighted by molar-refractivity contribution is -0.124. The number of hydrogen-bond donors (Lipinski definition) is 2. The quantitative estimate of drug-likeness (QED) is 0.675. The van der Waals surface area contributed by atoms with Gasteiger partial charge < -0.3 is 10.4 Å². The molecule has 0 aromatic heterocycles. The van der Waals surface area contributed by atoms with Gasteiger partial charge in [-0.05, 0) is 25.2 Å². The maximum Gasteiger partial charge on any atom is 0.223 e. The molecule has 2 fully saturated rings. The molecule has 0 radical (unpaired) electrons. The van der Waals surface area contributed by atoms with Crippen LogP contribution in [0.2, 0.25) is 0 Å². The van der Waals surface area contributed by atoms with Crippen LogP contribution in [0.3, 0.4) is 0 Å². The Bertz CT molecular complexity index is 211. The van der Waals surface area contributed by atoms with Crippen molar-refractivity contribution in [3.8, 4) is 0 Å². The molecule has 3 nitrogen and oxygen atoms in total. The summed E-state index contributed by atoms with van der Waals surface area (Å²) in [5.41, 5.74) is 0. The zero-order valence-electron chi connectivity index (χ0n) is 7.99. The Morgan fingerprint density at radius 1 is 1.46 bits per heavy atom. The first kappa shape index (κ1) is 9.00. The van der Waals surface area contributed by atoms with Crippen molar-refractivity contribution in [2.75, 3.05) is 0 Å². The molecule has 3 heteroatoms. The van der Waals surface area contributed by atoms with Crippen LogP contribution in [-0.2, 0) is 4.79 Å². The van der Waals surface area contributed by atoms with Crippen LogP contribution in [0.4, 0.5) is 0 Å². The van der Waals surface area contributed by atoms with E-state index in [1.165, 1.54) is 0 Å². The molecule has 2 saturated carbocycles. The summed E-state index contributed by atoms with van der Waals surface area (Å²) in [7, 11) is 0. The van der Waals surface area contributed by atoms with E-state index in [2.05, 4.69) is 12.2 Å². The summed E-state index contributed by atoms with van der Waals surface area (Å²) in [6, 6.07) is 0.251. The number of carbonyl (C=O) groups is 1. The van der Waals surface area contributed by atoms with Crippen LogP contribution < -0.4 is 5.32 Å². The van der Waals surface area contributed by atoms with Gasteiger partial charge >= 0.3 is 0 Å². The van der Waals surface area contributed by atoms with E-state index in [9.17, 15) is 4.79 Å². The van der Waals surface area contributed by atoms with Crippen LogP contribution >= 0.6 is 0 Å². The van der Waals surface area contributed by atoms with Crippen molar-refractivity contribution in [3.05, 3.63) is 0 Å². The van der Waals surface area contributed by atoms with Crippen LogP contribution in [0.1, 0.15) is 32.6 Å². The molecule has 2 aliphatic carbocycles. The van der Waals surface area contributed by atoms with Gasteiger partial charge in [-0.25, -0.2) is 0 Å². The van der Waals surface area contributed by atoms with Gasteiger partial charge in [-0.2, -0.15) is 0 Å². The van der Waals surface area contributed by atoms with E-state index in [0.717, 1.165) is 25.7 Å². The van der Waals surface area contributed by atoms with Gasteiger partial charge in [0.2, 0.25) is 5.91 Å². The monoisotopic (exact) mass is 183 g/mol. The number of hydrogen-bond acceptors (Lipinski definition) is 2. The van der Waals surface area contributed by atoms with E-state index in [0.29, 0.717) is 5.92 Å². The SMILES string of the molecule is CC[C@@H]1C[C@H]1C(=O)NC1CC(O)C1. The molecule has 0 aromatic rings. The standard InChI is InChI=1S/C10H17NO2/c1-2-6-3-9(6)10(13)11-7-4-8(12)5-7/h6-9,12H,2-5H2,1H3,(H,11,13)/t6-,7?,8?,9-/m1/s1. The fourth-order valence-electron chi connectivity index (χ4n) is 2.03. The fraction of sp³-hybridized carbons (Fsp3) is 0.900. The molecule has 2 atom stereocenters. The van der Waals surface area contributed by atoms with Gasteiger partial charge in [0, 0.05) is 12.0 Å². The van der Waals surface area contributed by atoms with Gasteiger partial charge in [0.1, 0.15) is 0 Å². The summed E-state index contributed by atoms with van der Waals surface area (Å²) < 4.78 is 0. The molecule has 0 spiro atoms. The molecule has 13 heavy (non-hydrogen) atoms. The maximum atomic E-state index is 11.5. The van der Waals surface area contributed by atoms with Gasteiger partial charge in [0.15, 0.2) is 0 Å². The van der Waals surface area contributed by atoms with E-state index in [1.54, 1.807) is 0 Å². The first-order valence-electron chi connectivity index (χ1n) is 5.19. The molecule has 74 valence electrons. The number of amides is 1. The Morgan fingerprint density at radius 3 is 2.62 bits per heavy atom. The van der Waals surface area contributed by atoms with Gasteiger partial charge in [-0.3, -0.25) is 4.79 Å². The third kappa shape index (κ3) is 1.85. The Morgan fingerprint density at radius 2 is 2.15 bits per heavy atom. The number of carbonyl (C=O) groups excluding carboxylic acids is 1. The molecule has 0 bridgehead atoms. The first-order chi connectivity index (χ1) is 6.20. The summed E-state index contributed by atoms with van der Waals surface area (Å²) in [6.07, 6.45) is 3.50. The molecule has 2 rings (SSSR count). The maximum absolute atomic E-state index is 11.5. The molecule has 0 aliphatic heterocycles. The predicted molar refractivity (Wildman–Crippen MR) is 49.1 cm³/mol. The zero-order chi connectivity index (χ0) is 9.42. The molecule has 0 aromatic carbocycles. The van der Waals surface area contributed by atoms with Crippen molar-refractivity contribution >= 4 is 5.91 Å². The van der Waals surface area contributed by atoms with Crippen LogP contribution in [0, 0.1) is 11.8 Å². The number of rotatable bonds is 3. The third-order valence-electron chi connectivity index (χ3n) is 3.24. The number of aliphatic hydroxyl groups excluding tert-OH is 1. The van der Waals surface area contributed by atoms with Gasteiger partial charge in [0.25, 0.3) is 0 Å². The summed E-state index contributed by atoms with van der Waals surface area (Å²) in [4.78, 5) is 11.5. The Balaban J connectivity index is 1.68. The van der Waals surface area contributed by atoms with E-state index in [1.807, 2.05) is 0 Å². The lowest BCUT2D eigenvalue weighted by Gasteiger charge is -2.32. The minimum absolute atomic E-state index is 0.175. The highest BCUT2D eigenvalue weighted by Gasteiger charge is 2.42. The number of aliphatic hydroxyl groups is 1. The van der Waals surface area contributed by atoms with E-state index in [4.69, 9.17) is 5.11 Å². The summed E-state index contributed by atoms with van der Waals surface area (Å²) >= 11 is 0. The largest absolute Gasteiger partial charge is 0.393 e. The average molecular weight is 183 g/mol. The van der Waals surface area contributed by atoms with Gasteiger partial charge in [-0.1, -0.05) is 13.3 Å². The minimum atomic E-state index is -0.175. The van der Waals surface area contributed by atoms with E-state index >= 15 is 0 Å². The van der Waals surface area contributed by atoms with Crippen LogP contribution in [0.25, 0.3) is 0 Å². The van der Waals surface area contributed by atoms with E-state index < -0.39 is 0 Å². The molecular weight excluding hydrogens is 166 g/mol. The molecular formula is C10H17NO2. The summed E-state index contributed by atoms with van der Waals surface area (Å²) in [5, 5.41) is 12.0. The second-order valence-electron chi connectivity index (χ2n) is 4.34. The summed E-state index contributed by atoms with van der Waals surface area (Å²) in [6.45, 7) is 2.13. The topological polar surface area (TPSA) is 49.3 Å². The Hall–Kier alpha value is -0.570. The van der Waals surface area contributed by atoms with Crippen LogP contribution in [-0.4, -0.2) is 23.2 Å². The van der Waals surface area contributed by atoms with Crippen molar-refractivity contribution in [2.24, 2.45) is 11.8 Å². The van der Waals surface area contributed by atoms with Gasteiger partial charge in [-0.15, -0.1) is 0 Å². The Labute approximate surface area is 78.5 Å². The molecule has 2 N–H and O–H groups in total. The second-order valence-corrected chi connectivity index (χ2v) is 4.34. The lowest BCUT2D eigenvalue weighted by Crippen LogP contribution is -2.47. The smallest absolute Gasteiger partial charge is 0.223 e. The zero-order valence-corrected chi connectivity index (χ0v) is 7.99. The predicted octanol–water partition coefficient (Wildman–Crippen LogP) is 0.672. The van der Waals surface area contributed by atoms with Crippen molar-refractivity contribution in [1.29, 1.82) is 0 Å². The highest BCUT2D eigenvalue weighted by atomic mass is 16.3. The molecule has 1 amide bonds. The third-order valence-corrected chi connectivity index (χ3v) is 3.24. The second kappa shape index (κ2) is 3.29. The minimum Gasteiger partial charge on any atom is -0.393 e. The average Bonchev–Trinajstić information content (AvgIpc) is 2.79. The normalized spacial score (nSPS) is 42.3. The van der Waals surface area contributed by atoms with Crippen LogP contribution in [0.5, 0.6) is 0 Å². The van der Waals surface area contributed by atoms with Crippen molar-refractivity contribution in [1.82, 2.24) is 5.32 Å². The molecule has 0 unspecified atom stereocenters.